The molecule has 3 aromatic heterocycles. The molecule has 0 radical (unpaired) electrons. The van der Waals surface area contributed by atoms with Crippen LogP contribution in [0.2, 0.25) is 0 Å². The van der Waals surface area contributed by atoms with Gasteiger partial charge >= 0.3 is 5.97 Å². The fourth-order valence-electron chi connectivity index (χ4n) is 3.36. The molecule has 0 saturated heterocycles. The van der Waals surface area contributed by atoms with Gasteiger partial charge in [-0.1, -0.05) is 12.1 Å². The summed E-state index contributed by atoms with van der Waals surface area (Å²) >= 11 is 1.55. The third kappa shape index (κ3) is 4.69. The number of aromatic nitrogens is 3. The lowest BCUT2D eigenvalue weighted by Gasteiger charge is -2.08. The molecule has 31 heavy (non-hydrogen) atoms. The highest BCUT2D eigenvalue weighted by Crippen LogP contribution is 2.34. The van der Waals surface area contributed by atoms with Crippen LogP contribution in [-0.4, -0.2) is 32.6 Å². The van der Waals surface area contributed by atoms with E-state index in [0.717, 1.165) is 46.3 Å². The first-order valence-electron chi connectivity index (χ1n) is 9.82. The summed E-state index contributed by atoms with van der Waals surface area (Å²) in [5.74, 6) is -0.834. The maximum Gasteiger partial charge on any atom is 0.337 e. The molecular weight excluding hydrogens is 417 g/mol. The second-order valence-electron chi connectivity index (χ2n) is 7.07. The lowest BCUT2D eigenvalue weighted by Crippen LogP contribution is -2.04. The standard InChI is InChI=1S/C23H20FN3O3S/c1-14-18(23(28)29)10-17(11-25-14)30-9-3-2-4-20-21-19(12-31-22(21)27-13-26-20)15-5-7-16(24)8-6-15/h5-8,10-13H,2-4,9H2,1H3,(H,28,29). The Bertz CT molecular complexity index is 1220. The average Bonchev–Trinajstić information content (AvgIpc) is 3.20. The summed E-state index contributed by atoms with van der Waals surface area (Å²) in [4.78, 5) is 25.1. The number of pyridine rings is 1. The number of rotatable bonds is 8. The molecule has 1 N–H and O–H groups in total. The molecule has 3 heterocycles. The Morgan fingerprint density at radius 2 is 1.97 bits per heavy atom. The number of unbranched alkanes of at least 4 members (excludes halogenated alkanes) is 1. The molecule has 1 aromatic carbocycles. The van der Waals surface area contributed by atoms with E-state index in [2.05, 4.69) is 15.0 Å². The second-order valence-corrected chi connectivity index (χ2v) is 7.93. The molecule has 0 aliphatic rings. The van der Waals surface area contributed by atoms with E-state index in [4.69, 9.17) is 4.74 Å². The molecule has 4 rings (SSSR count). The lowest BCUT2D eigenvalue weighted by atomic mass is 10.0. The molecule has 0 fully saturated rings. The van der Waals surface area contributed by atoms with Crippen LogP contribution in [0, 0.1) is 12.7 Å². The van der Waals surface area contributed by atoms with Gasteiger partial charge in [-0.25, -0.2) is 19.2 Å². The largest absolute Gasteiger partial charge is 0.492 e. The highest BCUT2D eigenvalue weighted by Gasteiger charge is 2.13. The summed E-state index contributed by atoms with van der Waals surface area (Å²) in [5, 5.41) is 12.2. The number of aromatic carboxylic acids is 1. The van der Waals surface area contributed by atoms with Crippen LogP contribution in [0.25, 0.3) is 21.3 Å². The van der Waals surface area contributed by atoms with Gasteiger partial charge in [-0.2, -0.15) is 0 Å². The number of carbonyl (C=O) groups is 1. The molecule has 0 saturated carbocycles. The fraction of sp³-hybridized carbons (Fsp3) is 0.217. The van der Waals surface area contributed by atoms with Gasteiger partial charge in [0.15, 0.2) is 0 Å². The first-order valence-corrected chi connectivity index (χ1v) is 10.7. The van der Waals surface area contributed by atoms with E-state index >= 15 is 0 Å². The van der Waals surface area contributed by atoms with Gasteiger partial charge in [0.2, 0.25) is 0 Å². The number of carboxylic acids is 1. The number of fused-ring (bicyclic) bond motifs is 1. The number of carboxylic acid groups (broad SMARTS) is 1. The van der Waals surface area contributed by atoms with Crippen molar-refractivity contribution < 1.29 is 19.0 Å². The Balaban J connectivity index is 1.41. The Kier molecular flexibility index (Phi) is 6.18. The molecule has 0 amide bonds. The molecule has 8 heteroatoms. The second kappa shape index (κ2) is 9.18. The van der Waals surface area contributed by atoms with E-state index in [1.807, 2.05) is 5.38 Å². The summed E-state index contributed by atoms with van der Waals surface area (Å²) in [6, 6.07) is 7.94. The summed E-state index contributed by atoms with van der Waals surface area (Å²) < 4.78 is 19.0. The Labute approximate surface area is 182 Å². The van der Waals surface area contributed by atoms with Crippen molar-refractivity contribution in [2.24, 2.45) is 0 Å². The molecular formula is C23H20FN3O3S. The van der Waals surface area contributed by atoms with E-state index in [9.17, 15) is 14.3 Å². The zero-order chi connectivity index (χ0) is 21.8. The van der Waals surface area contributed by atoms with Crippen LogP contribution in [-0.2, 0) is 6.42 Å². The summed E-state index contributed by atoms with van der Waals surface area (Å²) in [6.07, 6.45) is 5.48. The van der Waals surface area contributed by atoms with E-state index in [1.54, 1.807) is 36.7 Å². The number of hydrogen-bond acceptors (Lipinski definition) is 6. The highest BCUT2D eigenvalue weighted by atomic mass is 32.1. The number of halogens is 1. The predicted molar refractivity (Wildman–Crippen MR) is 117 cm³/mol. The van der Waals surface area contributed by atoms with Crippen molar-refractivity contribution in [2.75, 3.05) is 6.61 Å². The summed E-state index contributed by atoms with van der Waals surface area (Å²) in [5.41, 5.74) is 3.51. The normalized spacial score (nSPS) is 11.0. The monoisotopic (exact) mass is 437 g/mol. The molecule has 0 atom stereocenters. The van der Waals surface area contributed by atoms with Crippen LogP contribution in [0.4, 0.5) is 4.39 Å². The minimum Gasteiger partial charge on any atom is -0.492 e. The van der Waals surface area contributed by atoms with Crippen LogP contribution in [0.3, 0.4) is 0 Å². The van der Waals surface area contributed by atoms with Gasteiger partial charge in [-0.3, -0.25) is 4.98 Å². The van der Waals surface area contributed by atoms with Crippen molar-refractivity contribution in [3.8, 4) is 16.9 Å². The van der Waals surface area contributed by atoms with Crippen molar-refractivity contribution in [1.29, 1.82) is 0 Å². The van der Waals surface area contributed by atoms with Gasteiger partial charge < -0.3 is 9.84 Å². The van der Waals surface area contributed by atoms with E-state index in [1.165, 1.54) is 24.4 Å². The molecule has 6 nitrogen and oxygen atoms in total. The summed E-state index contributed by atoms with van der Waals surface area (Å²) in [6.45, 7) is 2.10. The van der Waals surface area contributed by atoms with Crippen LogP contribution < -0.4 is 4.74 Å². The quantitative estimate of drug-likeness (QED) is 0.377. The molecule has 4 aromatic rings. The van der Waals surface area contributed by atoms with Crippen LogP contribution in [0.1, 0.15) is 34.6 Å². The molecule has 0 aliphatic heterocycles. The third-order valence-electron chi connectivity index (χ3n) is 4.97. The molecule has 0 spiro atoms. The predicted octanol–water partition coefficient (Wildman–Crippen LogP) is 5.30. The number of nitrogens with zero attached hydrogens (tertiary/aromatic N) is 3. The fourth-order valence-corrected chi connectivity index (χ4v) is 4.30. The zero-order valence-electron chi connectivity index (χ0n) is 16.8. The van der Waals surface area contributed by atoms with Crippen molar-refractivity contribution >= 4 is 27.5 Å². The zero-order valence-corrected chi connectivity index (χ0v) is 17.7. The lowest BCUT2D eigenvalue weighted by molar-refractivity contribution is 0.0695. The number of benzene rings is 1. The van der Waals surface area contributed by atoms with Crippen LogP contribution >= 0.6 is 11.3 Å². The number of aryl methyl sites for hydroxylation is 2. The smallest absolute Gasteiger partial charge is 0.337 e. The van der Waals surface area contributed by atoms with Gasteiger partial charge in [-0.05, 0) is 49.9 Å². The van der Waals surface area contributed by atoms with Gasteiger partial charge in [0.05, 0.1) is 29.8 Å². The molecule has 0 aliphatic carbocycles. The minimum atomic E-state index is -1.02. The van der Waals surface area contributed by atoms with E-state index < -0.39 is 5.97 Å². The Morgan fingerprint density at radius 3 is 2.74 bits per heavy atom. The third-order valence-corrected chi connectivity index (χ3v) is 5.86. The first kappa shape index (κ1) is 20.9. The van der Waals surface area contributed by atoms with Crippen LogP contribution in [0.15, 0.2) is 48.2 Å². The topological polar surface area (TPSA) is 85.2 Å². The van der Waals surface area contributed by atoms with E-state index in [0.29, 0.717) is 18.1 Å². The minimum absolute atomic E-state index is 0.145. The van der Waals surface area contributed by atoms with Gasteiger partial charge in [0.25, 0.3) is 0 Å². The SMILES string of the molecule is Cc1ncc(OCCCCc2ncnc3scc(-c4ccc(F)cc4)c23)cc1C(=O)O. The molecule has 0 unspecified atom stereocenters. The van der Waals surface area contributed by atoms with Crippen molar-refractivity contribution in [1.82, 2.24) is 15.0 Å². The maximum atomic E-state index is 13.3. The van der Waals surface area contributed by atoms with E-state index in [-0.39, 0.29) is 11.4 Å². The first-order chi connectivity index (χ1) is 15.0. The van der Waals surface area contributed by atoms with Crippen molar-refractivity contribution in [3.63, 3.8) is 0 Å². The van der Waals surface area contributed by atoms with Crippen molar-refractivity contribution in [3.05, 3.63) is 71.0 Å². The van der Waals surface area contributed by atoms with Gasteiger partial charge in [-0.15, -0.1) is 11.3 Å². The van der Waals surface area contributed by atoms with Crippen molar-refractivity contribution in [2.45, 2.75) is 26.2 Å². The Morgan fingerprint density at radius 1 is 1.16 bits per heavy atom. The maximum absolute atomic E-state index is 13.3. The number of hydrogen-bond donors (Lipinski definition) is 1. The number of ether oxygens (including phenoxy) is 1. The highest BCUT2D eigenvalue weighted by molar-refractivity contribution is 7.17. The van der Waals surface area contributed by atoms with Gasteiger partial charge in [0, 0.05) is 16.3 Å². The van der Waals surface area contributed by atoms with Gasteiger partial charge in [0.1, 0.15) is 22.7 Å². The summed E-state index contributed by atoms with van der Waals surface area (Å²) in [7, 11) is 0. The number of thiophene rings is 1. The Hall–Kier alpha value is -3.39. The molecule has 158 valence electrons. The average molecular weight is 437 g/mol. The van der Waals surface area contributed by atoms with Crippen LogP contribution in [0.5, 0.6) is 5.75 Å². The molecule has 0 bridgehead atoms.